The van der Waals surface area contributed by atoms with Gasteiger partial charge in [-0.1, -0.05) is 6.07 Å². The first-order valence-electron chi connectivity index (χ1n) is 7.07. The summed E-state index contributed by atoms with van der Waals surface area (Å²) in [5, 5.41) is 9.09. The van der Waals surface area contributed by atoms with Gasteiger partial charge in [-0.2, -0.15) is 5.26 Å². The van der Waals surface area contributed by atoms with Crippen LogP contribution in [0.2, 0.25) is 0 Å². The maximum atomic E-state index is 9.09. The number of nitrogens with zero attached hydrogens (tertiary/aromatic N) is 3. The Balaban J connectivity index is 2.01. The third-order valence-electron chi connectivity index (χ3n) is 4.08. The van der Waals surface area contributed by atoms with E-state index in [2.05, 4.69) is 11.1 Å². The molecule has 2 N–H and O–H groups in total. The van der Waals surface area contributed by atoms with Gasteiger partial charge < -0.3 is 15.0 Å². The van der Waals surface area contributed by atoms with Crippen LogP contribution < -0.4 is 5.73 Å². The number of nitriles is 1. The Morgan fingerprint density at radius 2 is 2.38 bits per heavy atom. The van der Waals surface area contributed by atoms with Gasteiger partial charge in [0.2, 0.25) is 0 Å². The van der Waals surface area contributed by atoms with E-state index >= 15 is 0 Å². The first kappa shape index (κ1) is 13.8. The van der Waals surface area contributed by atoms with E-state index in [1.54, 1.807) is 6.33 Å². The average Bonchev–Trinajstić information content (AvgIpc) is 3.18. The second-order valence-corrected chi connectivity index (χ2v) is 5.45. The molecule has 5 heteroatoms. The van der Waals surface area contributed by atoms with Crippen LogP contribution in [-0.4, -0.2) is 22.8 Å². The second kappa shape index (κ2) is 5.68. The minimum atomic E-state index is -0.111. The summed E-state index contributed by atoms with van der Waals surface area (Å²) < 4.78 is 7.41. The van der Waals surface area contributed by atoms with E-state index in [1.807, 2.05) is 35.9 Å². The highest BCUT2D eigenvalue weighted by Gasteiger charge is 2.26. The van der Waals surface area contributed by atoms with Crippen molar-refractivity contribution < 1.29 is 4.74 Å². The van der Waals surface area contributed by atoms with Crippen molar-refractivity contribution in [2.75, 3.05) is 13.2 Å². The van der Waals surface area contributed by atoms with Crippen LogP contribution in [0.15, 0.2) is 30.7 Å². The fourth-order valence-electron chi connectivity index (χ4n) is 2.77. The molecule has 21 heavy (non-hydrogen) atoms. The molecule has 0 spiro atoms. The van der Waals surface area contributed by atoms with E-state index in [1.165, 1.54) is 0 Å². The van der Waals surface area contributed by atoms with Gasteiger partial charge in [0.25, 0.3) is 0 Å². The van der Waals surface area contributed by atoms with Gasteiger partial charge in [0.05, 0.1) is 48.2 Å². The van der Waals surface area contributed by atoms with Crippen LogP contribution in [0.4, 0.5) is 0 Å². The van der Waals surface area contributed by atoms with E-state index < -0.39 is 0 Å². The van der Waals surface area contributed by atoms with Crippen molar-refractivity contribution in [3.63, 3.8) is 0 Å². The molecular weight excluding hydrogens is 264 g/mol. The molecule has 0 bridgehead atoms. The number of benzene rings is 1. The summed E-state index contributed by atoms with van der Waals surface area (Å²) in [6.45, 7) is 3.49. The van der Waals surface area contributed by atoms with Crippen molar-refractivity contribution in [2.24, 2.45) is 11.7 Å². The van der Waals surface area contributed by atoms with E-state index in [9.17, 15) is 0 Å². The molecule has 2 unspecified atom stereocenters. The van der Waals surface area contributed by atoms with Crippen LogP contribution in [0, 0.1) is 24.2 Å². The predicted molar refractivity (Wildman–Crippen MR) is 78.9 cm³/mol. The van der Waals surface area contributed by atoms with E-state index in [4.69, 9.17) is 15.7 Å². The maximum absolute atomic E-state index is 9.09. The van der Waals surface area contributed by atoms with Crippen LogP contribution in [-0.2, 0) is 4.74 Å². The number of rotatable bonds is 3. The summed E-state index contributed by atoms with van der Waals surface area (Å²) in [5.41, 5.74) is 10.0. The van der Waals surface area contributed by atoms with Crippen LogP contribution in [0.25, 0.3) is 5.69 Å². The quantitative estimate of drug-likeness (QED) is 0.935. The number of aromatic nitrogens is 2. The minimum absolute atomic E-state index is 0.111. The lowest BCUT2D eigenvalue weighted by Gasteiger charge is -2.20. The molecule has 3 rings (SSSR count). The fraction of sp³-hybridized carbons (Fsp3) is 0.375. The largest absolute Gasteiger partial charge is 0.381 e. The van der Waals surface area contributed by atoms with Crippen molar-refractivity contribution in [1.29, 1.82) is 5.26 Å². The van der Waals surface area contributed by atoms with Gasteiger partial charge in [-0.15, -0.1) is 0 Å². The van der Waals surface area contributed by atoms with Crippen molar-refractivity contribution in [2.45, 2.75) is 19.4 Å². The third kappa shape index (κ3) is 2.56. The Morgan fingerprint density at radius 1 is 1.52 bits per heavy atom. The molecule has 108 valence electrons. The maximum Gasteiger partial charge on any atom is 0.0994 e. The molecule has 0 aliphatic carbocycles. The standard InChI is InChI=1S/C16H18N4O/c1-11-2-3-12(7-17)6-14(11)20-10-19-8-15(20)16(18)13-4-5-21-9-13/h2-3,6,8,10,13,16H,4-5,9,18H2,1H3. The summed E-state index contributed by atoms with van der Waals surface area (Å²) in [5.74, 6) is 0.319. The van der Waals surface area contributed by atoms with Gasteiger partial charge in [-0.25, -0.2) is 4.98 Å². The molecule has 1 aromatic carbocycles. The molecule has 1 fully saturated rings. The first-order chi connectivity index (χ1) is 10.2. The number of hydrogen-bond acceptors (Lipinski definition) is 4. The molecule has 0 radical (unpaired) electrons. The number of ether oxygens (including phenoxy) is 1. The van der Waals surface area contributed by atoms with E-state index in [0.29, 0.717) is 18.1 Å². The number of nitrogens with two attached hydrogens (primary N) is 1. The molecule has 5 nitrogen and oxygen atoms in total. The Morgan fingerprint density at radius 3 is 3.10 bits per heavy atom. The SMILES string of the molecule is Cc1ccc(C#N)cc1-n1cncc1C(N)C1CCOC1. The molecule has 1 aliphatic heterocycles. The normalized spacial score (nSPS) is 19.4. The lowest BCUT2D eigenvalue weighted by Crippen LogP contribution is -2.24. The number of imidazole rings is 1. The van der Waals surface area contributed by atoms with Gasteiger partial charge in [0.15, 0.2) is 0 Å². The second-order valence-electron chi connectivity index (χ2n) is 5.45. The Kier molecular flexibility index (Phi) is 3.74. The highest BCUT2D eigenvalue weighted by molar-refractivity contribution is 5.48. The van der Waals surface area contributed by atoms with Crippen molar-refractivity contribution >= 4 is 0 Å². The van der Waals surface area contributed by atoms with Crippen molar-refractivity contribution in [3.05, 3.63) is 47.5 Å². The lowest BCUT2D eigenvalue weighted by atomic mass is 9.97. The highest BCUT2D eigenvalue weighted by atomic mass is 16.5. The zero-order chi connectivity index (χ0) is 14.8. The smallest absolute Gasteiger partial charge is 0.0994 e. The molecule has 1 aliphatic rings. The van der Waals surface area contributed by atoms with Crippen LogP contribution in [0.1, 0.15) is 29.3 Å². The molecule has 1 saturated heterocycles. The van der Waals surface area contributed by atoms with Gasteiger partial charge in [-0.3, -0.25) is 0 Å². The van der Waals surface area contributed by atoms with Crippen LogP contribution >= 0.6 is 0 Å². The van der Waals surface area contributed by atoms with Crippen LogP contribution in [0.3, 0.4) is 0 Å². The summed E-state index contributed by atoms with van der Waals surface area (Å²) in [6, 6.07) is 7.70. The van der Waals surface area contributed by atoms with Crippen molar-refractivity contribution in [3.8, 4) is 11.8 Å². The molecular formula is C16H18N4O. The Hall–Kier alpha value is -2.16. The zero-order valence-electron chi connectivity index (χ0n) is 12.0. The van der Waals surface area contributed by atoms with Gasteiger partial charge in [0.1, 0.15) is 0 Å². The number of hydrogen-bond donors (Lipinski definition) is 1. The summed E-state index contributed by atoms with van der Waals surface area (Å²) in [4.78, 5) is 4.25. The van der Waals surface area contributed by atoms with E-state index in [-0.39, 0.29) is 6.04 Å². The lowest BCUT2D eigenvalue weighted by molar-refractivity contribution is 0.180. The number of aryl methyl sites for hydroxylation is 1. The monoisotopic (exact) mass is 282 g/mol. The molecule has 2 heterocycles. The zero-order valence-corrected chi connectivity index (χ0v) is 12.0. The van der Waals surface area contributed by atoms with Crippen molar-refractivity contribution in [1.82, 2.24) is 9.55 Å². The topological polar surface area (TPSA) is 76.9 Å². The summed E-state index contributed by atoms with van der Waals surface area (Å²) in [7, 11) is 0. The summed E-state index contributed by atoms with van der Waals surface area (Å²) >= 11 is 0. The van der Waals surface area contributed by atoms with Gasteiger partial charge in [-0.05, 0) is 31.0 Å². The average molecular weight is 282 g/mol. The van der Waals surface area contributed by atoms with Crippen LogP contribution in [0.5, 0.6) is 0 Å². The fourth-order valence-corrected chi connectivity index (χ4v) is 2.77. The van der Waals surface area contributed by atoms with Gasteiger partial charge in [0, 0.05) is 12.5 Å². The van der Waals surface area contributed by atoms with E-state index in [0.717, 1.165) is 30.0 Å². The molecule has 1 aromatic heterocycles. The Labute approximate surface area is 124 Å². The highest BCUT2D eigenvalue weighted by Crippen LogP contribution is 2.29. The van der Waals surface area contributed by atoms with Gasteiger partial charge >= 0.3 is 0 Å². The molecule has 0 amide bonds. The third-order valence-corrected chi connectivity index (χ3v) is 4.08. The molecule has 0 saturated carbocycles. The minimum Gasteiger partial charge on any atom is -0.381 e. The summed E-state index contributed by atoms with van der Waals surface area (Å²) in [6.07, 6.45) is 4.54. The molecule has 2 atom stereocenters. The predicted octanol–water partition coefficient (Wildman–Crippen LogP) is 2.09. The first-order valence-corrected chi connectivity index (χ1v) is 7.07. The Bertz CT molecular complexity index is 680. The molecule has 2 aromatic rings.